The Morgan fingerprint density at radius 2 is 1.86 bits per heavy atom. The van der Waals surface area contributed by atoms with E-state index in [2.05, 4.69) is 58.5 Å². The first-order chi connectivity index (χ1) is 10.1. The molecule has 1 atom stereocenters. The normalized spacial score (nSPS) is 12.2. The fourth-order valence-corrected chi connectivity index (χ4v) is 3.01. The average molecular weight is 348 g/mol. The van der Waals surface area contributed by atoms with Crippen molar-refractivity contribution < 1.29 is 4.74 Å². The number of benzene rings is 2. The van der Waals surface area contributed by atoms with Crippen LogP contribution in [0, 0.1) is 6.92 Å². The molecule has 3 heteroatoms. The van der Waals surface area contributed by atoms with Gasteiger partial charge in [-0.2, -0.15) is 0 Å². The lowest BCUT2D eigenvalue weighted by molar-refractivity contribution is 0.340. The Morgan fingerprint density at radius 1 is 1.14 bits per heavy atom. The summed E-state index contributed by atoms with van der Waals surface area (Å²) in [4.78, 5) is 0. The Labute approximate surface area is 135 Å². The Balaban J connectivity index is 2.18. The molecule has 0 heterocycles. The van der Waals surface area contributed by atoms with E-state index in [1.165, 1.54) is 16.7 Å². The van der Waals surface area contributed by atoms with Crippen LogP contribution in [0.15, 0.2) is 46.9 Å². The molecule has 2 rings (SSSR count). The van der Waals surface area contributed by atoms with Gasteiger partial charge in [0.1, 0.15) is 5.75 Å². The standard InChI is InChI=1S/C18H22BrNO/c1-4-21-15-9-10-16(17(19)12-15)18(20-3)11-14-7-5-13(2)6-8-14/h5-10,12,18,20H,4,11H2,1-3H3. The number of aryl methyl sites for hydroxylation is 1. The molecule has 112 valence electrons. The highest BCUT2D eigenvalue weighted by Gasteiger charge is 2.14. The van der Waals surface area contributed by atoms with Crippen molar-refractivity contribution in [1.29, 1.82) is 0 Å². The molecule has 0 aliphatic carbocycles. The molecule has 1 N–H and O–H groups in total. The molecule has 21 heavy (non-hydrogen) atoms. The van der Waals surface area contributed by atoms with Gasteiger partial charge in [0, 0.05) is 10.5 Å². The van der Waals surface area contributed by atoms with Crippen LogP contribution in [-0.2, 0) is 6.42 Å². The van der Waals surface area contributed by atoms with E-state index in [0.717, 1.165) is 16.6 Å². The van der Waals surface area contributed by atoms with E-state index < -0.39 is 0 Å². The van der Waals surface area contributed by atoms with Gasteiger partial charge < -0.3 is 10.1 Å². The molecule has 0 aromatic heterocycles. The summed E-state index contributed by atoms with van der Waals surface area (Å²) in [6, 6.07) is 15.2. The Bertz CT molecular complexity index is 580. The molecule has 0 aliphatic heterocycles. The van der Waals surface area contributed by atoms with Gasteiger partial charge in [0.25, 0.3) is 0 Å². The van der Waals surface area contributed by atoms with Crippen molar-refractivity contribution in [2.24, 2.45) is 0 Å². The van der Waals surface area contributed by atoms with Crippen LogP contribution in [0.5, 0.6) is 5.75 Å². The molecule has 0 saturated carbocycles. The van der Waals surface area contributed by atoms with Crippen molar-refractivity contribution in [3.8, 4) is 5.75 Å². The quantitative estimate of drug-likeness (QED) is 0.820. The molecule has 0 spiro atoms. The van der Waals surface area contributed by atoms with E-state index in [-0.39, 0.29) is 6.04 Å². The molecule has 1 unspecified atom stereocenters. The van der Waals surface area contributed by atoms with Gasteiger partial charge in [0.2, 0.25) is 0 Å². The van der Waals surface area contributed by atoms with E-state index in [0.29, 0.717) is 6.61 Å². The van der Waals surface area contributed by atoms with E-state index in [9.17, 15) is 0 Å². The smallest absolute Gasteiger partial charge is 0.120 e. The number of hydrogen-bond donors (Lipinski definition) is 1. The van der Waals surface area contributed by atoms with Crippen LogP contribution >= 0.6 is 15.9 Å². The van der Waals surface area contributed by atoms with Gasteiger partial charge >= 0.3 is 0 Å². The van der Waals surface area contributed by atoms with Crippen LogP contribution in [-0.4, -0.2) is 13.7 Å². The van der Waals surface area contributed by atoms with Crippen LogP contribution in [0.3, 0.4) is 0 Å². The first-order valence-electron chi connectivity index (χ1n) is 7.29. The molecule has 0 saturated heterocycles. The highest BCUT2D eigenvalue weighted by atomic mass is 79.9. The van der Waals surface area contributed by atoms with Crippen molar-refractivity contribution in [2.45, 2.75) is 26.3 Å². The molecular formula is C18H22BrNO. The van der Waals surface area contributed by atoms with Gasteiger partial charge in [0.05, 0.1) is 6.61 Å². The van der Waals surface area contributed by atoms with Crippen LogP contribution < -0.4 is 10.1 Å². The van der Waals surface area contributed by atoms with Gasteiger partial charge in [-0.1, -0.05) is 51.8 Å². The van der Waals surface area contributed by atoms with Crippen molar-refractivity contribution in [3.63, 3.8) is 0 Å². The summed E-state index contributed by atoms with van der Waals surface area (Å²) in [5.41, 5.74) is 3.88. The van der Waals surface area contributed by atoms with Gasteiger partial charge in [-0.25, -0.2) is 0 Å². The third kappa shape index (κ3) is 4.32. The molecule has 0 aliphatic rings. The minimum absolute atomic E-state index is 0.276. The van der Waals surface area contributed by atoms with Crippen molar-refractivity contribution in [2.75, 3.05) is 13.7 Å². The number of likely N-dealkylation sites (N-methyl/N-ethyl adjacent to an activating group) is 1. The number of hydrogen-bond acceptors (Lipinski definition) is 2. The van der Waals surface area contributed by atoms with Gasteiger partial charge in [-0.05, 0) is 50.6 Å². The largest absolute Gasteiger partial charge is 0.494 e. The lowest BCUT2D eigenvalue weighted by Crippen LogP contribution is -2.19. The number of halogens is 1. The van der Waals surface area contributed by atoms with Crippen LogP contribution in [0.1, 0.15) is 29.7 Å². The van der Waals surface area contributed by atoms with Crippen LogP contribution in [0.4, 0.5) is 0 Å². The van der Waals surface area contributed by atoms with Crippen LogP contribution in [0.2, 0.25) is 0 Å². The fraction of sp³-hybridized carbons (Fsp3) is 0.333. The van der Waals surface area contributed by atoms with Gasteiger partial charge in [0.15, 0.2) is 0 Å². The Kier molecular flexibility index (Phi) is 5.83. The molecule has 2 aromatic rings. The van der Waals surface area contributed by atoms with Gasteiger partial charge in [-0.3, -0.25) is 0 Å². The fourth-order valence-electron chi connectivity index (χ4n) is 2.37. The van der Waals surface area contributed by atoms with Crippen LogP contribution in [0.25, 0.3) is 0 Å². The molecule has 0 amide bonds. The SMILES string of the molecule is CCOc1ccc(C(Cc2ccc(C)cc2)NC)c(Br)c1. The number of nitrogens with one attached hydrogen (secondary N) is 1. The third-order valence-electron chi connectivity index (χ3n) is 3.57. The number of ether oxygens (including phenoxy) is 1. The molecule has 2 nitrogen and oxygen atoms in total. The maximum absolute atomic E-state index is 5.54. The number of rotatable bonds is 6. The topological polar surface area (TPSA) is 21.3 Å². The average Bonchev–Trinajstić information content (AvgIpc) is 2.48. The van der Waals surface area contributed by atoms with Crippen molar-refractivity contribution in [3.05, 3.63) is 63.6 Å². The summed E-state index contributed by atoms with van der Waals surface area (Å²) in [5.74, 6) is 0.901. The lowest BCUT2D eigenvalue weighted by Gasteiger charge is -2.19. The first-order valence-corrected chi connectivity index (χ1v) is 8.08. The third-order valence-corrected chi connectivity index (χ3v) is 4.25. The highest BCUT2D eigenvalue weighted by Crippen LogP contribution is 2.29. The second kappa shape index (κ2) is 7.62. The second-order valence-electron chi connectivity index (χ2n) is 5.15. The summed E-state index contributed by atoms with van der Waals surface area (Å²) in [5, 5.41) is 3.40. The minimum Gasteiger partial charge on any atom is -0.494 e. The summed E-state index contributed by atoms with van der Waals surface area (Å²) >= 11 is 3.66. The van der Waals surface area contributed by atoms with Crippen molar-refractivity contribution in [1.82, 2.24) is 5.32 Å². The zero-order chi connectivity index (χ0) is 15.2. The maximum Gasteiger partial charge on any atom is 0.120 e. The zero-order valence-corrected chi connectivity index (χ0v) is 14.4. The second-order valence-corrected chi connectivity index (χ2v) is 6.00. The molecule has 2 aromatic carbocycles. The highest BCUT2D eigenvalue weighted by molar-refractivity contribution is 9.10. The summed E-state index contributed by atoms with van der Waals surface area (Å²) in [6.07, 6.45) is 0.962. The maximum atomic E-state index is 5.54. The molecule has 0 bridgehead atoms. The molecule has 0 radical (unpaired) electrons. The predicted octanol–water partition coefficient (Wildman–Crippen LogP) is 4.66. The first kappa shape index (κ1) is 16.1. The van der Waals surface area contributed by atoms with Gasteiger partial charge in [-0.15, -0.1) is 0 Å². The van der Waals surface area contributed by atoms with Crippen molar-refractivity contribution >= 4 is 15.9 Å². The lowest BCUT2D eigenvalue weighted by atomic mass is 9.98. The molecular weight excluding hydrogens is 326 g/mol. The Morgan fingerprint density at radius 3 is 2.43 bits per heavy atom. The van der Waals surface area contributed by atoms with E-state index in [1.807, 2.05) is 26.1 Å². The summed E-state index contributed by atoms with van der Waals surface area (Å²) in [6.45, 7) is 4.79. The van der Waals surface area contributed by atoms with E-state index in [4.69, 9.17) is 4.74 Å². The van der Waals surface area contributed by atoms with E-state index in [1.54, 1.807) is 0 Å². The predicted molar refractivity (Wildman–Crippen MR) is 92.0 cm³/mol. The monoisotopic (exact) mass is 347 g/mol. The summed E-state index contributed by atoms with van der Waals surface area (Å²) < 4.78 is 6.62. The van der Waals surface area contributed by atoms with E-state index >= 15 is 0 Å². The minimum atomic E-state index is 0.276. The Hall–Kier alpha value is -1.32. The zero-order valence-electron chi connectivity index (χ0n) is 12.8. The summed E-state index contributed by atoms with van der Waals surface area (Å²) in [7, 11) is 2.00. The molecule has 0 fully saturated rings.